The van der Waals surface area contributed by atoms with Gasteiger partial charge >= 0.3 is 0 Å². The summed E-state index contributed by atoms with van der Waals surface area (Å²) in [6.07, 6.45) is 0. The van der Waals surface area contributed by atoms with Crippen LogP contribution in [0.1, 0.15) is 31.3 Å². The molecular formula is C11H20N2OS. The minimum absolute atomic E-state index is 0.0847. The van der Waals surface area contributed by atoms with Crippen LogP contribution in [0.25, 0.3) is 0 Å². The smallest absolute Gasteiger partial charge is 0.0798 e. The fraction of sp³-hybridized carbons (Fsp3) is 0.727. The first kappa shape index (κ1) is 12.6. The van der Waals surface area contributed by atoms with Gasteiger partial charge in [-0.1, -0.05) is 13.8 Å². The second-order valence-electron chi connectivity index (χ2n) is 4.61. The minimum Gasteiger partial charge on any atom is -0.396 e. The van der Waals surface area contributed by atoms with Gasteiger partial charge < -0.3 is 10.4 Å². The number of nitrogens with one attached hydrogen (secondary N) is 1. The highest BCUT2D eigenvalue weighted by atomic mass is 32.1. The van der Waals surface area contributed by atoms with Gasteiger partial charge in [-0.05, 0) is 13.8 Å². The summed E-state index contributed by atoms with van der Waals surface area (Å²) in [5.74, 6) is 0. The quantitative estimate of drug-likeness (QED) is 0.809. The zero-order valence-corrected chi connectivity index (χ0v) is 10.7. The summed E-state index contributed by atoms with van der Waals surface area (Å²) >= 11 is 1.67. The van der Waals surface area contributed by atoms with Gasteiger partial charge in [-0.2, -0.15) is 0 Å². The number of aromatic nitrogens is 1. The zero-order valence-electron chi connectivity index (χ0n) is 9.87. The Bertz CT molecular complexity index is 309. The lowest BCUT2D eigenvalue weighted by molar-refractivity contribution is 0.122. The molecule has 0 aromatic carbocycles. The van der Waals surface area contributed by atoms with E-state index in [2.05, 4.69) is 31.1 Å². The molecule has 0 aliphatic rings. The topological polar surface area (TPSA) is 45.2 Å². The first-order valence-corrected chi connectivity index (χ1v) is 6.08. The molecule has 4 heteroatoms. The van der Waals surface area contributed by atoms with E-state index in [0.29, 0.717) is 0 Å². The summed E-state index contributed by atoms with van der Waals surface area (Å²) in [7, 11) is 0. The third kappa shape index (κ3) is 3.26. The number of nitrogens with zero attached hydrogens (tertiary/aromatic N) is 1. The van der Waals surface area contributed by atoms with Crippen LogP contribution in [0.2, 0.25) is 0 Å². The Hall–Kier alpha value is -0.450. The molecule has 0 fully saturated rings. The van der Waals surface area contributed by atoms with E-state index >= 15 is 0 Å². The van der Waals surface area contributed by atoms with E-state index in [1.807, 2.05) is 12.4 Å². The SMILES string of the molecule is Cc1ncsc1CNC(C)C(C)(C)CO. The van der Waals surface area contributed by atoms with E-state index in [0.717, 1.165) is 12.2 Å². The highest BCUT2D eigenvalue weighted by molar-refractivity contribution is 7.09. The van der Waals surface area contributed by atoms with Gasteiger partial charge in [0.15, 0.2) is 0 Å². The Morgan fingerprint density at radius 3 is 2.73 bits per heavy atom. The zero-order chi connectivity index (χ0) is 11.5. The van der Waals surface area contributed by atoms with Gasteiger partial charge in [0.1, 0.15) is 0 Å². The van der Waals surface area contributed by atoms with Crippen LogP contribution in [-0.4, -0.2) is 22.7 Å². The fourth-order valence-electron chi connectivity index (χ4n) is 1.15. The number of aliphatic hydroxyl groups is 1. The highest BCUT2D eigenvalue weighted by Crippen LogP contribution is 2.20. The number of hydrogen-bond donors (Lipinski definition) is 2. The molecule has 86 valence electrons. The number of aliphatic hydroxyl groups excluding tert-OH is 1. The van der Waals surface area contributed by atoms with Gasteiger partial charge in [0, 0.05) is 29.5 Å². The normalized spacial score (nSPS) is 14.2. The fourth-order valence-corrected chi connectivity index (χ4v) is 1.88. The van der Waals surface area contributed by atoms with Crippen molar-refractivity contribution < 1.29 is 5.11 Å². The van der Waals surface area contributed by atoms with Crippen molar-refractivity contribution in [3.63, 3.8) is 0 Å². The molecule has 15 heavy (non-hydrogen) atoms. The van der Waals surface area contributed by atoms with E-state index < -0.39 is 0 Å². The molecule has 1 heterocycles. The maximum atomic E-state index is 9.23. The Morgan fingerprint density at radius 2 is 2.27 bits per heavy atom. The first-order valence-electron chi connectivity index (χ1n) is 5.20. The first-order chi connectivity index (χ1) is 6.97. The van der Waals surface area contributed by atoms with Crippen molar-refractivity contribution >= 4 is 11.3 Å². The van der Waals surface area contributed by atoms with E-state index in [4.69, 9.17) is 0 Å². The maximum absolute atomic E-state index is 9.23. The highest BCUT2D eigenvalue weighted by Gasteiger charge is 2.24. The van der Waals surface area contributed by atoms with Gasteiger partial charge in [-0.3, -0.25) is 0 Å². The summed E-state index contributed by atoms with van der Waals surface area (Å²) in [5.41, 5.74) is 2.88. The van der Waals surface area contributed by atoms with E-state index in [1.54, 1.807) is 11.3 Å². The predicted octanol–water partition coefficient (Wildman–Crippen LogP) is 1.95. The monoisotopic (exact) mass is 228 g/mol. The van der Waals surface area contributed by atoms with Crippen molar-refractivity contribution in [2.45, 2.75) is 40.3 Å². The van der Waals surface area contributed by atoms with Crippen LogP contribution in [0.4, 0.5) is 0 Å². The Balaban J connectivity index is 2.48. The van der Waals surface area contributed by atoms with Gasteiger partial charge in [-0.25, -0.2) is 4.98 Å². The molecule has 1 rings (SSSR count). The van der Waals surface area contributed by atoms with Crippen molar-refractivity contribution in [1.29, 1.82) is 0 Å². The summed E-state index contributed by atoms with van der Waals surface area (Å²) in [4.78, 5) is 5.48. The van der Waals surface area contributed by atoms with Crippen molar-refractivity contribution in [3.8, 4) is 0 Å². The van der Waals surface area contributed by atoms with E-state index in [1.165, 1.54) is 4.88 Å². The van der Waals surface area contributed by atoms with Gasteiger partial charge in [0.2, 0.25) is 0 Å². The summed E-state index contributed by atoms with van der Waals surface area (Å²) in [6.45, 7) is 9.28. The van der Waals surface area contributed by atoms with Crippen LogP contribution in [0.15, 0.2) is 5.51 Å². The Kier molecular flexibility index (Phi) is 4.25. The van der Waals surface area contributed by atoms with Crippen molar-refractivity contribution in [1.82, 2.24) is 10.3 Å². The summed E-state index contributed by atoms with van der Waals surface area (Å²) < 4.78 is 0. The Morgan fingerprint density at radius 1 is 1.60 bits per heavy atom. The molecule has 1 aromatic rings. The lowest BCUT2D eigenvalue weighted by Crippen LogP contribution is -2.41. The molecule has 1 aromatic heterocycles. The molecule has 0 bridgehead atoms. The molecule has 0 radical (unpaired) electrons. The molecule has 3 nitrogen and oxygen atoms in total. The van der Waals surface area contributed by atoms with Crippen molar-refractivity contribution in [2.24, 2.45) is 5.41 Å². The van der Waals surface area contributed by atoms with Gasteiger partial charge in [-0.15, -0.1) is 11.3 Å². The van der Waals surface area contributed by atoms with Gasteiger partial charge in [0.05, 0.1) is 11.2 Å². The average molecular weight is 228 g/mol. The Labute approximate surface area is 95.6 Å². The number of rotatable bonds is 5. The van der Waals surface area contributed by atoms with Crippen LogP contribution in [-0.2, 0) is 6.54 Å². The molecule has 0 aliphatic heterocycles. The average Bonchev–Trinajstić information content (AvgIpc) is 2.60. The van der Waals surface area contributed by atoms with E-state index in [9.17, 15) is 5.11 Å². The lowest BCUT2D eigenvalue weighted by atomic mass is 9.86. The molecule has 0 aliphatic carbocycles. The van der Waals surface area contributed by atoms with Crippen LogP contribution < -0.4 is 5.32 Å². The lowest BCUT2D eigenvalue weighted by Gasteiger charge is -2.30. The minimum atomic E-state index is -0.0847. The van der Waals surface area contributed by atoms with E-state index in [-0.39, 0.29) is 18.1 Å². The van der Waals surface area contributed by atoms with Crippen LogP contribution in [0, 0.1) is 12.3 Å². The van der Waals surface area contributed by atoms with Crippen molar-refractivity contribution in [3.05, 3.63) is 16.1 Å². The predicted molar refractivity (Wildman–Crippen MR) is 64.0 cm³/mol. The molecule has 0 spiro atoms. The van der Waals surface area contributed by atoms with Gasteiger partial charge in [0.25, 0.3) is 0 Å². The number of aryl methyl sites for hydroxylation is 1. The molecule has 0 saturated carbocycles. The molecular weight excluding hydrogens is 208 g/mol. The summed E-state index contributed by atoms with van der Waals surface area (Å²) in [6, 6.07) is 0.281. The number of thiazole rings is 1. The molecule has 1 unspecified atom stereocenters. The maximum Gasteiger partial charge on any atom is 0.0798 e. The molecule has 1 atom stereocenters. The molecule has 2 N–H and O–H groups in total. The third-order valence-corrected chi connectivity index (χ3v) is 3.93. The second kappa shape index (κ2) is 5.05. The summed E-state index contributed by atoms with van der Waals surface area (Å²) in [5, 5.41) is 12.7. The van der Waals surface area contributed by atoms with Crippen molar-refractivity contribution in [2.75, 3.05) is 6.61 Å². The molecule has 0 saturated heterocycles. The van der Waals surface area contributed by atoms with Crippen LogP contribution >= 0.6 is 11.3 Å². The number of hydrogen-bond acceptors (Lipinski definition) is 4. The standard InChI is InChI=1S/C11H20N2OS/c1-8-10(15-7-13-8)5-12-9(2)11(3,4)6-14/h7,9,12,14H,5-6H2,1-4H3. The second-order valence-corrected chi connectivity index (χ2v) is 5.55. The molecule has 0 amide bonds. The largest absolute Gasteiger partial charge is 0.396 e. The third-order valence-electron chi connectivity index (χ3n) is 2.99. The van der Waals surface area contributed by atoms with Crippen LogP contribution in [0.5, 0.6) is 0 Å². The van der Waals surface area contributed by atoms with Crippen LogP contribution in [0.3, 0.4) is 0 Å².